The summed E-state index contributed by atoms with van der Waals surface area (Å²) in [6, 6.07) is 22.6. The summed E-state index contributed by atoms with van der Waals surface area (Å²) in [4.78, 5) is 133. The van der Waals surface area contributed by atoms with Crippen LogP contribution in [0, 0.1) is 75.0 Å². The van der Waals surface area contributed by atoms with Gasteiger partial charge >= 0.3 is 12.2 Å². The van der Waals surface area contributed by atoms with Gasteiger partial charge in [-0.15, -0.1) is 24.0 Å². The average molecular weight is 1870 g/mol. The number of alkyl halides is 1. The van der Waals surface area contributed by atoms with E-state index in [4.69, 9.17) is 62.4 Å². The van der Waals surface area contributed by atoms with E-state index in [1.807, 2.05) is 106 Å². The summed E-state index contributed by atoms with van der Waals surface area (Å²) in [5.74, 6) is 9.75. The molecular weight excluding hydrogens is 1780 g/mol. The third kappa shape index (κ3) is 19.5. The number of hydrogen-bond acceptors (Lipinski definition) is 30. The van der Waals surface area contributed by atoms with Gasteiger partial charge < -0.3 is 52.6 Å². The first-order valence-corrected chi connectivity index (χ1v) is 43.2. The lowest BCUT2D eigenvalue weighted by atomic mass is 10.2. The van der Waals surface area contributed by atoms with Crippen LogP contribution in [0.1, 0.15) is 134 Å². The lowest BCUT2D eigenvalue weighted by Gasteiger charge is -2.25. The molecule has 4 saturated carbocycles. The van der Waals surface area contributed by atoms with Crippen molar-refractivity contribution < 1.29 is 37.2 Å². The van der Waals surface area contributed by atoms with Crippen LogP contribution >= 0.6 is 63.1 Å². The number of anilines is 1. The van der Waals surface area contributed by atoms with Gasteiger partial charge in [0.05, 0.1) is 27.9 Å². The molecule has 4 aliphatic heterocycles. The summed E-state index contributed by atoms with van der Waals surface area (Å²) in [5.41, 5.74) is 4.87. The van der Waals surface area contributed by atoms with Crippen LogP contribution in [-0.4, -0.2) is 185 Å². The van der Waals surface area contributed by atoms with Crippen LogP contribution in [0.3, 0.4) is 0 Å². The van der Waals surface area contributed by atoms with Crippen molar-refractivity contribution in [2.45, 2.75) is 130 Å². The zero-order valence-corrected chi connectivity index (χ0v) is 75.3. The number of aromatic amines is 1. The number of rotatable bonds is 12. The summed E-state index contributed by atoms with van der Waals surface area (Å²) in [6.45, 7) is 25.9. The van der Waals surface area contributed by atoms with Gasteiger partial charge in [0, 0.05) is 108 Å². The largest absolute Gasteiger partial charge is 0.444 e. The molecule has 4 aliphatic carbocycles. The minimum absolute atomic E-state index is 0. The molecule has 2 N–H and O–H groups in total. The molecule has 12 atom stereocenters. The van der Waals surface area contributed by atoms with Crippen molar-refractivity contribution in [1.82, 2.24) is 114 Å². The van der Waals surface area contributed by atoms with Crippen LogP contribution in [0.25, 0.3) is 44.1 Å². The predicted octanol–water partition coefficient (Wildman–Crippen LogP) is 12.1. The molecule has 8 fully saturated rings. The average Bonchev–Trinajstić information content (AvgIpc) is 1.57. The monoisotopic (exact) mass is 1870 g/mol. The Morgan fingerprint density at radius 3 is 1.10 bits per heavy atom. The zero-order valence-electron chi connectivity index (χ0n) is 70.6. The van der Waals surface area contributed by atoms with Crippen molar-refractivity contribution in [3.05, 3.63) is 248 Å². The first kappa shape index (κ1) is 88.5. The van der Waals surface area contributed by atoms with Gasteiger partial charge in [-0.3, -0.25) is 32.9 Å². The number of halogens is 5. The second-order valence-electron chi connectivity index (χ2n) is 34.5. The Morgan fingerprint density at radius 1 is 0.441 bits per heavy atom. The standard InChI is InChI=1S/C22H19ClN6O2.C21H24N6O4.C16H16N6O2.C13H18ClN3O3.C8H7N3O.C6H4BrCl.ClH/c1-12-6-7-24-20-18(12)22(30)29(11-25-20)10-17-26-21(27-31-17)19-15-8-28(9-16(15)19)14-4-2-13(23)3-5-14;1-11-5-6-22-17-15(11)19(28)27(10-23-17)9-14-24-18(25-31-14)16-12-7-26(8-13(12)16)20(29)30-21(2,3)4;1-8-2-3-18-14-12(8)16(23)22(7-19-14)6-11-20-15(21-24-11)13-9-4-17-5-10(9)13;1-13(2,3)19-12(18)17-5-7-8(6-17)10(7)11-15-9(4-14)20-16-11;1-5-2-3-9-7-6(5)8(12)11-4-10-7;7-5-1-3-6(8)4-2-5;/h2-7,11,15-16,19H,8-10H2,1H3;5-6,10,12-13,16H,7-9H2,1-4H3;2-3,7,9-10,13,17H,4-6H2,1H3;7-8,10H,4-6H2,1-3H3;2-4H,1H3,(H,9,10,11,12);1-4H;1H/t15-,16+,19?;12-,13+,16?;9-,10+,13?;7-,8+,10?;;;. The molecule has 8 aliphatic rings. The predicted molar refractivity (Wildman–Crippen MR) is 472 cm³/mol. The second-order valence-corrected chi connectivity index (χ2v) is 36.6. The number of carbonyl (C=O) groups is 2. The van der Waals surface area contributed by atoms with E-state index in [0.717, 1.165) is 80.4 Å². The van der Waals surface area contributed by atoms with Crippen molar-refractivity contribution in [2.75, 3.05) is 57.3 Å². The van der Waals surface area contributed by atoms with Gasteiger partial charge in [-0.1, -0.05) is 59.8 Å². The number of amides is 2. The van der Waals surface area contributed by atoms with E-state index in [1.165, 1.54) is 44.7 Å². The molecule has 0 bridgehead atoms. The summed E-state index contributed by atoms with van der Waals surface area (Å²) in [7, 11) is 0. The van der Waals surface area contributed by atoms with Crippen molar-refractivity contribution in [2.24, 2.45) is 47.3 Å². The van der Waals surface area contributed by atoms with Gasteiger partial charge in [0.2, 0.25) is 23.6 Å². The summed E-state index contributed by atoms with van der Waals surface area (Å²) >= 11 is 20.5. The quantitative estimate of drug-likeness (QED) is 0.107. The fraction of sp³-hybridized carbons (Fsp3) is 0.419. The van der Waals surface area contributed by atoms with Gasteiger partial charge in [-0.05, 0) is 225 Å². The Hall–Kier alpha value is -11.9. The minimum atomic E-state index is -0.504. The van der Waals surface area contributed by atoms with E-state index in [-0.39, 0.29) is 78.3 Å². The number of aromatic nitrogens is 20. The number of nitrogens with zero attached hydrogens (tertiary/aromatic N) is 22. The molecule has 0 radical (unpaired) electrons. The lowest BCUT2D eigenvalue weighted by molar-refractivity contribution is 0.0260. The third-order valence-electron chi connectivity index (χ3n) is 23.7. The fourth-order valence-corrected chi connectivity index (χ4v) is 17.9. The van der Waals surface area contributed by atoms with E-state index in [2.05, 4.69) is 124 Å². The Balaban J connectivity index is 0.000000117. The van der Waals surface area contributed by atoms with Crippen molar-refractivity contribution >= 4 is 125 Å². The van der Waals surface area contributed by atoms with Crippen molar-refractivity contribution in [1.29, 1.82) is 0 Å². The Labute approximate surface area is 753 Å². The smallest absolute Gasteiger partial charge is 0.410 e. The number of nitrogens with one attached hydrogen (secondary N) is 2. The molecule has 127 heavy (non-hydrogen) atoms. The maximum atomic E-state index is 12.8. The van der Waals surface area contributed by atoms with E-state index in [9.17, 15) is 28.8 Å². The molecular formula is C86H89BrCl4N24O12. The number of likely N-dealkylation sites (tertiary alicyclic amines) is 2. The van der Waals surface area contributed by atoms with Gasteiger partial charge in [0.1, 0.15) is 55.7 Å². The molecule has 0 spiro atoms. The van der Waals surface area contributed by atoms with E-state index in [1.54, 1.807) is 58.9 Å². The normalized spacial score (nSPS) is 21.7. The van der Waals surface area contributed by atoms with Crippen LogP contribution in [-0.2, 0) is 35.0 Å². The Morgan fingerprint density at radius 2 is 0.764 bits per heavy atom. The highest BCUT2D eigenvalue weighted by atomic mass is 79.9. The maximum Gasteiger partial charge on any atom is 0.410 e. The molecule has 4 saturated heterocycles. The zero-order chi connectivity index (χ0) is 88.3. The molecule has 14 aromatic rings. The van der Waals surface area contributed by atoms with Crippen LogP contribution < -0.4 is 32.5 Å². The molecule has 36 nitrogen and oxygen atoms in total. The highest BCUT2D eigenvalue weighted by Crippen LogP contribution is 2.60. The number of carbonyl (C=O) groups excluding carboxylic acids is 2. The number of benzene rings is 2. The molecule has 12 aromatic heterocycles. The third-order valence-corrected chi connectivity index (χ3v) is 24.9. The highest BCUT2D eigenvalue weighted by molar-refractivity contribution is 9.10. The summed E-state index contributed by atoms with van der Waals surface area (Å²) in [5, 5.41) is 23.4. The van der Waals surface area contributed by atoms with Gasteiger partial charge in [-0.25, -0.2) is 49.5 Å². The fourth-order valence-electron chi connectivity index (χ4n) is 17.2. The van der Waals surface area contributed by atoms with E-state index >= 15 is 0 Å². The number of piperidine rings is 4. The number of aryl methyl sites for hydroxylation is 4. The minimum Gasteiger partial charge on any atom is -0.444 e. The number of fused-ring (bicyclic) bond motifs is 8. The summed E-state index contributed by atoms with van der Waals surface area (Å²) in [6.07, 6.45) is 11.8. The molecule has 4 unspecified atom stereocenters. The van der Waals surface area contributed by atoms with E-state index in [0.29, 0.717) is 165 Å². The van der Waals surface area contributed by atoms with Crippen LogP contribution in [0.15, 0.2) is 165 Å². The second kappa shape index (κ2) is 36.5. The highest BCUT2D eigenvalue weighted by Gasteiger charge is 2.62. The Bertz CT molecular complexity index is 6600. The molecule has 2 aromatic carbocycles. The topological polar surface area (TPSA) is 432 Å². The molecule has 16 heterocycles. The van der Waals surface area contributed by atoms with E-state index < -0.39 is 11.2 Å². The van der Waals surface area contributed by atoms with Crippen molar-refractivity contribution in [3.63, 3.8) is 0 Å². The number of pyridine rings is 4. The molecule has 41 heteroatoms. The maximum absolute atomic E-state index is 12.8. The van der Waals surface area contributed by atoms with Crippen LogP contribution in [0.4, 0.5) is 15.3 Å². The molecule has 660 valence electrons. The molecule has 2 amide bonds. The van der Waals surface area contributed by atoms with Crippen LogP contribution in [0.2, 0.25) is 10.0 Å². The van der Waals surface area contributed by atoms with Gasteiger partial charge in [-0.2, -0.15) is 19.9 Å². The first-order chi connectivity index (χ1) is 60.5. The number of ether oxygens (including phenoxy) is 2. The number of hydrogen-bond donors (Lipinski definition) is 2. The molecule has 22 rings (SSSR count). The summed E-state index contributed by atoms with van der Waals surface area (Å²) < 4.78 is 37.5. The van der Waals surface area contributed by atoms with Crippen LogP contribution in [0.5, 0.6) is 0 Å². The Kier molecular flexibility index (Phi) is 25.4. The van der Waals surface area contributed by atoms with Gasteiger partial charge in [0.25, 0.3) is 22.2 Å². The van der Waals surface area contributed by atoms with Gasteiger partial charge in [0.15, 0.2) is 45.9 Å². The lowest BCUT2D eigenvalue weighted by Crippen LogP contribution is -2.36. The van der Waals surface area contributed by atoms with Crippen molar-refractivity contribution in [3.8, 4) is 0 Å². The first-order valence-electron chi connectivity index (χ1n) is 41.1. The SMILES string of the molecule is CC(C)(C)OC(=O)N1C[C@@H]2C(c3noc(CCl)n3)[C@@H]2C1.Cc1ccnc2nc[nH]c(=O)c12.Cc1ccnc2ncn(Cc3nc(C4[C@H]5CN(C(=O)OC(C)(C)C)C[C@@H]45)no3)c(=O)c12.Cc1ccnc2ncn(Cc3nc(C4[C@H]5CN(c6ccc(Cl)cc6)C[C@@H]45)no3)c(=O)c12.Cc1ccnc2ncn(Cc3nc(C4[C@H]5CNC[C@@H]45)no3)c(=O)c12.Cl.Clc1ccc(Br)cc1. The number of H-pyrrole nitrogens is 1.